The highest BCUT2D eigenvalue weighted by molar-refractivity contribution is 5.70. The summed E-state index contributed by atoms with van der Waals surface area (Å²) in [6, 6.07) is 13.1. The molecule has 0 aromatic heterocycles. The number of carboxylic acids is 1. The minimum atomic E-state index is -0.831. The van der Waals surface area contributed by atoms with E-state index in [4.69, 9.17) is 9.84 Å². The summed E-state index contributed by atoms with van der Waals surface area (Å²) in [5.41, 5.74) is 3.07. The van der Waals surface area contributed by atoms with Gasteiger partial charge in [0.25, 0.3) is 0 Å². The van der Waals surface area contributed by atoms with Gasteiger partial charge in [-0.2, -0.15) is 0 Å². The number of ether oxygens (including phenoxy) is 1. The third kappa shape index (κ3) is 3.85. The standard InChI is InChI=1S/C16H16O3/c1-11-7-12(2)9-15(8-11)19-14-5-3-13(4-6-14)10-16(17)18/h3-9H,10H2,1-2H3,(H,17,18). The van der Waals surface area contributed by atoms with Crippen LogP contribution in [0.2, 0.25) is 0 Å². The topological polar surface area (TPSA) is 46.5 Å². The molecule has 0 aliphatic rings. The largest absolute Gasteiger partial charge is 0.481 e. The third-order valence-electron chi connectivity index (χ3n) is 2.71. The molecular formula is C16H16O3. The first kappa shape index (κ1) is 13.1. The lowest BCUT2D eigenvalue weighted by molar-refractivity contribution is -0.136. The summed E-state index contributed by atoms with van der Waals surface area (Å²) in [5.74, 6) is 0.672. The maximum atomic E-state index is 10.6. The Morgan fingerprint density at radius 3 is 2.11 bits per heavy atom. The van der Waals surface area contributed by atoms with Crippen LogP contribution in [0.15, 0.2) is 42.5 Å². The summed E-state index contributed by atoms with van der Waals surface area (Å²) in [5, 5.41) is 8.70. The fourth-order valence-corrected chi connectivity index (χ4v) is 1.98. The Kier molecular flexibility index (Phi) is 3.85. The molecular weight excluding hydrogens is 240 g/mol. The molecule has 0 aliphatic carbocycles. The molecule has 3 nitrogen and oxygen atoms in total. The lowest BCUT2D eigenvalue weighted by Gasteiger charge is -2.08. The fraction of sp³-hybridized carbons (Fsp3) is 0.188. The molecule has 0 radical (unpaired) electrons. The zero-order valence-corrected chi connectivity index (χ0v) is 11.0. The second-order valence-electron chi connectivity index (χ2n) is 4.64. The number of carboxylic acid groups (broad SMARTS) is 1. The van der Waals surface area contributed by atoms with E-state index in [0.717, 1.165) is 22.4 Å². The molecule has 0 fully saturated rings. The second-order valence-corrected chi connectivity index (χ2v) is 4.64. The number of carbonyl (C=O) groups is 1. The average Bonchev–Trinajstić information content (AvgIpc) is 2.29. The Hall–Kier alpha value is -2.29. The molecule has 0 spiro atoms. The number of hydrogen-bond donors (Lipinski definition) is 1. The maximum Gasteiger partial charge on any atom is 0.307 e. The Morgan fingerprint density at radius 2 is 1.58 bits per heavy atom. The molecule has 1 N–H and O–H groups in total. The molecule has 0 atom stereocenters. The van der Waals surface area contributed by atoms with Crippen LogP contribution in [0.1, 0.15) is 16.7 Å². The minimum Gasteiger partial charge on any atom is -0.481 e. The molecule has 0 aliphatic heterocycles. The van der Waals surface area contributed by atoms with Crippen LogP contribution in [-0.4, -0.2) is 11.1 Å². The Bertz CT molecular complexity index is 565. The van der Waals surface area contributed by atoms with E-state index in [0.29, 0.717) is 5.75 Å². The summed E-state index contributed by atoms with van der Waals surface area (Å²) < 4.78 is 5.75. The molecule has 2 aromatic rings. The lowest BCUT2D eigenvalue weighted by Crippen LogP contribution is -1.99. The molecule has 98 valence electrons. The van der Waals surface area contributed by atoms with Crippen LogP contribution in [0.4, 0.5) is 0 Å². The van der Waals surface area contributed by atoms with Crippen LogP contribution in [0, 0.1) is 13.8 Å². The van der Waals surface area contributed by atoms with Gasteiger partial charge in [0.15, 0.2) is 0 Å². The van der Waals surface area contributed by atoms with Crippen LogP contribution < -0.4 is 4.74 Å². The van der Waals surface area contributed by atoms with E-state index < -0.39 is 5.97 Å². The highest BCUT2D eigenvalue weighted by atomic mass is 16.5. The van der Waals surface area contributed by atoms with Gasteiger partial charge in [0.2, 0.25) is 0 Å². The molecule has 0 heterocycles. The molecule has 19 heavy (non-hydrogen) atoms. The second kappa shape index (κ2) is 5.57. The Morgan fingerprint density at radius 1 is 1.00 bits per heavy atom. The number of rotatable bonds is 4. The van der Waals surface area contributed by atoms with Crippen molar-refractivity contribution in [1.29, 1.82) is 0 Å². The smallest absolute Gasteiger partial charge is 0.307 e. The Balaban J connectivity index is 2.12. The normalized spacial score (nSPS) is 10.2. The molecule has 2 aromatic carbocycles. The van der Waals surface area contributed by atoms with Crippen molar-refractivity contribution in [3.8, 4) is 11.5 Å². The summed E-state index contributed by atoms with van der Waals surface area (Å²) in [6.07, 6.45) is 0.0316. The maximum absolute atomic E-state index is 10.6. The van der Waals surface area contributed by atoms with Crippen molar-refractivity contribution in [1.82, 2.24) is 0 Å². The van der Waals surface area contributed by atoms with Crippen LogP contribution in [-0.2, 0) is 11.2 Å². The lowest BCUT2D eigenvalue weighted by atomic mass is 10.1. The zero-order chi connectivity index (χ0) is 13.8. The van der Waals surface area contributed by atoms with E-state index in [1.165, 1.54) is 0 Å². The highest BCUT2D eigenvalue weighted by Crippen LogP contribution is 2.24. The van der Waals surface area contributed by atoms with Crippen molar-refractivity contribution in [2.75, 3.05) is 0 Å². The molecule has 0 saturated carbocycles. The molecule has 0 bridgehead atoms. The van der Waals surface area contributed by atoms with Crippen molar-refractivity contribution in [3.63, 3.8) is 0 Å². The van der Waals surface area contributed by atoms with Gasteiger partial charge in [0.1, 0.15) is 11.5 Å². The quantitative estimate of drug-likeness (QED) is 0.906. The molecule has 0 amide bonds. The first-order valence-corrected chi connectivity index (χ1v) is 6.10. The SMILES string of the molecule is Cc1cc(C)cc(Oc2ccc(CC(=O)O)cc2)c1. The minimum absolute atomic E-state index is 0.0316. The van der Waals surface area contributed by atoms with Crippen molar-refractivity contribution in [3.05, 3.63) is 59.2 Å². The van der Waals surface area contributed by atoms with E-state index in [-0.39, 0.29) is 6.42 Å². The molecule has 0 saturated heterocycles. The summed E-state index contributed by atoms with van der Waals surface area (Å²) >= 11 is 0. The van der Waals surface area contributed by atoms with E-state index >= 15 is 0 Å². The fourth-order valence-electron chi connectivity index (χ4n) is 1.98. The van der Waals surface area contributed by atoms with Gasteiger partial charge in [0.05, 0.1) is 6.42 Å². The van der Waals surface area contributed by atoms with Gasteiger partial charge < -0.3 is 9.84 Å². The van der Waals surface area contributed by atoms with E-state index in [9.17, 15) is 4.79 Å². The van der Waals surface area contributed by atoms with Gasteiger partial charge in [-0.05, 0) is 54.8 Å². The van der Waals surface area contributed by atoms with Crippen molar-refractivity contribution in [2.24, 2.45) is 0 Å². The van der Waals surface area contributed by atoms with Crippen LogP contribution in [0.3, 0.4) is 0 Å². The molecule has 3 heteroatoms. The van der Waals surface area contributed by atoms with Crippen LogP contribution in [0.25, 0.3) is 0 Å². The highest BCUT2D eigenvalue weighted by Gasteiger charge is 2.02. The predicted octanol–water partition coefficient (Wildman–Crippen LogP) is 3.72. The molecule has 0 unspecified atom stereocenters. The Labute approximate surface area is 112 Å². The van der Waals surface area contributed by atoms with Crippen molar-refractivity contribution >= 4 is 5.97 Å². The van der Waals surface area contributed by atoms with E-state index in [2.05, 4.69) is 6.07 Å². The summed E-state index contributed by atoms with van der Waals surface area (Å²) in [4.78, 5) is 10.6. The van der Waals surface area contributed by atoms with Crippen molar-refractivity contribution < 1.29 is 14.6 Å². The van der Waals surface area contributed by atoms with Gasteiger partial charge in [-0.15, -0.1) is 0 Å². The van der Waals surface area contributed by atoms with E-state index in [1.54, 1.807) is 24.3 Å². The average molecular weight is 256 g/mol. The molecule has 2 rings (SSSR count). The number of aliphatic carboxylic acids is 1. The van der Waals surface area contributed by atoms with Crippen molar-refractivity contribution in [2.45, 2.75) is 20.3 Å². The number of benzene rings is 2. The van der Waals surface area contributed by atoms with Crippen LogP contribution >= 0.6 is 0 Å². The third-order valence-corrected chi connectivity index (χ3v) is 2.71. The van der Waals surface area contributed by atoms with Gasteiger partial charge in [-0.25, -0.2) is 0 Å². The number of hydrogen-bond acceptors (Lipinski definition) is 2. The van der Waals surface area contributed by atoms with Gasteiger partial charge >= 0.3 is 5.97 Å². The first-order chi connectivity index (χ1) is 9.02. The van der Waals surface area contributed by atoms with Crippen LogP contribution in [0.5, 0.6) is 11.5 Å². The monoisotopic (exact) mass is 256 g/mol. The predicted molar refractivity (Wildman–Crippen MR) is 73.8 cm³/mol. The van der Waals surface area contributed by atoms with Gasteiger partial charge in [-0.1, -0.05) is 18.2 Å². The van der Waals surface area contributed by atoms with E-state index in [1.807, 2.05) is 26.0 Å². The summed E-state index contributed by atoms with van der Waals surface area (Å²) in [6.45, 7) is 4.05. The summed E-state index contributed by atoms with van der Waals surface area (Å²) in [7, 11) is 0. The zero-order valence-electron chi connectivity index (χ0n) is 11.0. The first-order valence-electron chi connectivity index (χ1n) is 6.10. The number of aryl methyl sites for hydroxylation is 2. The van der Waals surface area contributed by atoms with Gasteiger partial charge in [0, 0.05) is 0 Å². The van der Waals surface area contributed by atoms with Gasteiger partial charge in [-0.3, -0.25) is 4.79 Å².